The van der Waals surface area contributed by atoms with E-state index < -0.39 is 0 Å². The van der Waals surface area contributed by atoms with Crippen LogP contribution in [0.1, 0.15) is 11.1 Å². The van der Waals surface area contributed by atoms with E-state index in [1.807, 2.05) is 24.0 Å². The van der Waals surface area contributed by atoms with E-state index in [1.54, 1.807) is 18.9 Å². The Morgan fingerprint density at radius 3 is 2.90 bits per heavy atom. The van der Waals surface area contributed by atoms with Crippen molar-refractivity contribution in [2.24, 2.45) is 7.05 Å². The average Bonchev–Trinajstić information content (AvgIpc) is 2.82. The Morgan fingerprint density at radius 1 is 1.40 bits per heavy atom. The number of benzene rings is 1. The number of nitrogens with one attached hydrogen (secondary N) is 1. The Morgan fingerprint density at radius 2 is 2.25 bits per heavy atom. The van der Waals surface area contributed by atoms with Crippen molar-refractivity contribution < 1.29 is 4.74 Å². The Labute approximate surface area is 124 Å². The molecule has 0 aliphatic rings. The zero-order valence-corrected chi connectivity index (χ0v) is 13.0. The molecule has 5 heteroatoms. The van der Waals surface area contributed by atoms with Gasteiger partial charge in [0.25, 0.3) is 0 Å². The lowest BCUT2D eigenvalue weighted by Crippen LogP contribution is -2.19. The fraction of sp³-hybridized carbons (Fsp3) is 0.400. The number of nitrogens with zero attached hydrogens (tertiary/aromatic N) is 2. The summed E-state index contributed by atoms with van der Waals surface area (Å²) >= 11 is 1.69. The molecule has 0 radical (unpaired) electrons. The van der Waals surface area contributed by atoms with Gasteiger partial charge in [-0.3, -0.25) is 0 Å². The summed E-state index contributed by atoms with van der Waals surface area (Å²) in [7, 11) is 3.73. The molecule has 20 heavy (non-hydrogen) atoms. The van der Waals surface area contributed by atoms with E-state index in [2.05, 4.69) is 35.4 Å². The Balaban J connectivity index is 1.97. The number of aryl methyl sites for hydroxylation is 2. The molecule has 1 N–H and O–H groups in total. The zero-order valence-electron chi connectivity index (χ0n) is 12.2. The van der Waals surface area contributed by atoms with Crippen molar-refractivity contribution >= 4 is 11.8 Å². The maximum atomic E-state index is 5.02. The van der Waals surface area contributed by atoms with Gasteiger partial charge in [0.1, 0.15) is 0 Å². The summed E-state index contributed by atoms with van der Waals surface area (Å²) in [4.78, 5) is 5.55. The summed E-state index contributed by atoms with van der Waals surface area (Å²) in [6, 6.07) is 6.55. The van der Waals surface area contributed by atoms with Gasteiger partial charge in [-0.2, -0.15) is 0 Å². The van der Waals surface area contributed by atoms with E-state index >= 15 is 0 Å². The fourth-order valence-corrected chi connectivity index (χ4v) is 2.78. The summed E-state index contributed by atoms with van der Waals surface area (Å²) in [5.41, 5.74) is 2.62. The Hall–Kier alpha value is -1.30. The largest absolute Gasteiger partial charge is 0.383 e. The van der Waals surface area contributed by atoms with Crippen molar-refractivity contribution in [3.8, 4) is 0 Å². The lowest BCUT2D eigenvalue weighted by atomic mass is 10.1. The van der Waals surface area contributed by atoms with Gasteiger partial charge in [-0.1, -0.05) is 17.8 Å². The molecule has 0 amide bonds. The number of ether oxygens (including phenoxy) is 1. The highest BCUT2D eigenvalue weighted by Gasteiger charge is 2.05. The molecule has 0 atom stereocenters. The van der Waals surface area contributed by atoms with Crippen LogP contribution in [0, 0.1) is 6.92 Å². The van der Waals surface area contributed by atoms with Crippen LogP contribution in [-0.2, 0) is 18.3 Å². The number of aromatic nitrogens is 2. The van der Waals surface area contributed by atoms with Gasteiger partial charge in [0.2, 0.25) is 0 Å². The molecule has 0 spiro atoms. The molecule has 0 aliphatic heterocycles. The first-order valence-electron chi connectivity index (χ1n) is 6.65. The molecule has 0 bridgehead atoms. The maximum Gasteiger partial charge on any atom is 0.172 e. The van der Waals surface area contributed by atoms with Crippen molar-refractivity contribution in [2.45, 2.75) is 23.5 Å². The molecule has 0 saturated heterocycles. The van der Waals surface area contributed by atoms with Crippen LogP contribution in [-0.4, -0.2) is 29.8 Å². The Kier molecular flexibility index (Phi) is 5.64. The second-order valence-corrected chi connectivity index (χ2v) is 5.72. The molecule has 2 rings (SSSR count). The minimum atomic E-state index is 0.742. The third kappa shape index (κ3) is 4.10. The summed E-state index contributed by atoms with van der Waals surface area (Å²) in [5.74, 6) is 0. The summed E-state index contributed by atoms with van der Waals surface area (Å²) < 4.78 is 7.05. The molecular weight excluding hydrogens is 270 g/mol. The normalized spacial score (nSPS) is 10.9. The quantitative estimate of drug-likeness (QED) is 0.796. The first kappa shape index (κ1) is 15.1. The average molecular weight is 291 g/mol. The van der Waals surface area contributed by atoms with Gasteiger partial charge >= 0.3 is 0 Å². The number of rotatable bonds is 7. The Bertz CT molecular complexity index is 554. The van der Waals surface area contributed by atoms with Crippen LogP contribution in [0.25, 0.3) is 0 Å². The molecule has 2 aromatic rings. The highest BCUT2D eigenvalue weighted by Crippen LogP contribution is 2.27. The third-order valence-corrected chi connectivity index (χ3v) is 4.16. The minimum absolute atomic E-state index is 0.742. The molecular formula is C15H21N3OS. The maximum absolute atomic E-state index is 5.02. The molecule has 0 aliphatic carbocycles. The highest BCUT2D eigenvalue weighted by molar-refractivity contribution is 7.99. The van der Waals surface area contributed by atoms with Crippen molar-refractivity contribution in [3.05, 3.63) is 41.7 Å². The van der Waals surface area contributed by atoms with E-state index in [9.17, 15) is 0 Å². The summed E-state index contributed by atoms with van der Waals surface area (Å²) in [6.45, 7) is 4.64. The van der Waals surface area contributed by atoms with E-state index in [4.69, 9.17) is 4.74 Å². The lowest BCUT2D eigenvalue weighted by Gasteiger charge is -2.09. The molecule has 0 unspecified atom stereocenters. The van der Waals surface area contributed by atoms with Crippen molar-refractivity contribution in [1.29, 1.82) is 0 Å². The van der Waals surface area contributed by atoms with Crippen molar-refractivity contribution in [3.63, 3.8) is 0 Å². The molecule has 1 aromatic carbocycles. The van der Waals surface area contributed by atoms with Crippen LogP contribution >= 0.6 is 11.8 Å². The van der Waals surface area contributed by atoms with Crippen LogP contribution in [0.15, 0.2) is 40.6 Å². The monoisotopic (exact) mass is 291 g/mol. The van der Waals surface area contributed by atoms with Crippen LogP contribution < -0.4 is 5.32 Å². The highest BCUT2D eigenvalue weighted by atomic mass is 32.2. The number of methoxy groups -OCH3 is 1. The van der Waals surface area contributed by atoms with Crippen molar-refractivity contribution in [2.75, 3.05) is 20.3 Å². The predicted molar refractivity (Wildman–Crippen MR) is 82.1 cm³/mol. The molecule has 4 nitrogen and oxygen atoms in total. The first-order valence-corrected chi connectivity index (χ1v) is 7.46. The van der Waals surface area contributed by atoms with E-state index in [0.29, 0.717) is 0 Å². The van der Waals surface area contributed by atoms with Gasteiger partial charge in [-0.25, -0.2) is 4.98 Å². The molecule has 108 valence electrons. The van der Waals surface area contributed by atoms with Gasteiger partial charge in [-0.05, 0) is 30.2 Å². The van der Waals surface area contributed by atoms with Crippen LogP contribution in [0.4, 0.5) is 0 Å². The standard InChI is InChI=1S/C15H21N3OS/c1-12-10-14(20-15-17-6-8-18(15)2)5-4-13(12)11-16-7-9-19-3/h4-6,8,10,16H,7,9,11H2,1-3H3. The summed E-state index contributed by atoms with van der Waals surface area (Å²) in [6.07, 6.45) is 3.78. The van der Waals surface area contributed by atoms with Crippen molar-refractivity contribution in [1.82, 2.24) is 14.9 Å². The topological polar surface area (TPSA) is 39.1 Å². The van der Waals surface area contributed by atoms with E-state index in [-0.39, 0.29) is 0 Å². The second-order valence-electron chi connectivity index (χ2n) is 4.68. The smallest absolute Gasteiger partial charge is 0.172 e. The van der Waals surface area contributed by atoms with Crippen LogP contribution in [0.5, 0.6) is 0 Å². The number of hydrogen-bond acceptors (Lipinski definition) is 4. The van der Waals surface area contributed by atoms with E-state index in [0.717, 1.165) is 24.9 Å². The first-order chi connectivity index (χ1) is 9.70. The predicted octanol–water partition coefficient (Wildman–Crippen LogP) is 2.62. The number of hydrogen-bond donors (Lipinski definition) is 1. The summed E-state index contributed by atoms with van der Waals surface area (Å²) in [5, 5.41) is 4.38. The fourth-order valence-electron chi connectivity index (χ4n) is 1.88. The molecule has 0 saturated carbocycles. The van der Waals surface area contributed by atoms with Gasteiger partial charge in [0, 0.05) is 44.5 Å². The van der Waals surface area contributed by atoms with Gasteiger partial charge in [0.15, 0.2) is 5.16 Å². The van der Waals surface area contributed by atoms with Gasteiger partial charge < -0.3 is 14.6 Å². The van der Waals surface area contributed by atoms with Gasteiger partial charge in [0.05, 0.1) is 6.61 Å². The van der Waals surface area contributed by atoms with Crippen LogP contribution in [0.3, 0.4) is 0 Å². The second kappa shape index (κ2) is 7.47. The lowest BCUT2D eigenvalue weighted by molar-refractivity contribution is 0.199. The van der Waals surface area contributed by atoms with Gasteiger partial charge in [-0.15, -0.1) is 0 Å². The van der Waals surface area contributed by atoms with E-state index in [1.165, 1.54) is 16.0 Å². The minimum Gasteiger partial charge on any atom is -0.383 e. The molecule has 1 heterocycles. The third-order valence-electron chi connectivity index (χ3n) is 3.10. The van der Waals surface area contributed by atoms with Crippen LogP contribution in [0.2, 0.25) is 0 Å². The number of imidazole rings is 1. The molecule has 1 aromatic heterocycles. The zero-order chi connectivity index (χ0) is 14.4. The molecule has 0 fully saturated rings. The SMILES string of the molecule is COCCNCc1ccc(Sc2nccn2C)cc1C.